The maximum Gasteiger partial charge on any atom is 0.396 e. The second-order valence-electron chi connectivity index (χ2n) is 2.98. The lowest BCUT2D eigenvalue weighted by Gasteiger charge is -2.05. The highest BCUT2D eigenvalue weighted by Gasteiger charge is 2.15. The number of carboxylic acids is 1. The van der Waals surface area contributed by atoms with Crippen LogP contribution in [0.3, 0.4) is 0 Å². The SMILES string of the molecule is NC(C(=O)O)c1ccc2sc(=O)oc2c1. The molecule has 0 saturated heterocycles. The Hall–Kier alpha value is -1.66. The molecule has 0 bridgehead atoms. The molecule has 0 saturated carbocycles. The van der Waals surface area contributed by atoms with Gasteiger partial charge in [-0.3, -0.25) is 4.79 Å². The Balaban J connectivity index is 2.55. The van der Waals surface area contributed by atoms with E-state index in [1.54, 1.807) is 12.1 Å². The Labute approximate surface area is 87.7 Å². The molecule has 78 valence electrons. The minimum absolute atomic E-state index is 0.374. The van der Waals surface area contributed by atoms with E-state index < -0.39 is 17.0 Å². The van der Waals surface area contributed by atoms with Gasteiger partial charge in [-0.05, 0) is 17.7 Å². The van der Waals surface area contributed by atoms with E-state index >= 15 is 0 Å². The molecule has 0 aliphatic carbocycles. The Bertz CT molecular complexity index is 571. The molecule has 1 unspecified atom stereocenters. The summed E-state index contributed by atoms with van der Waals surface area (Å²) in [5, 5.41) is 8.70. The van der Waals surface area contributed by atoms with Crippen molar-refractivity contribution >= 4 is 27.6 Å². The van der Waals surface area contributed by atoms with Crippen LogP contribution in [0.15, 0.2) is 27.4 Å². The van der Waals surface area contributed by atoms with Gasteiger partial charge in [0.1, 0.15) is 11.6 Å². The molecular weight excluding hydrogens is 218 g/mol. The van der Waals surface area contributed by atoms with E-state index in [1.165, 1.54) is 6.07 Å². The zero-order valence-corrected chi connectivity index (χ0v) is 8.28. The number of carboxylic acid groups (broad SMARTS) is 1. The van der Waals surface area contributed by atoms with Crippen molar-refractivity contribution < 1.29 is 14.3 Å². The van der Waals surface area contributed by atoms with Crippen LogP contribution in [-0.4, -0.2) is 11.1 Å². The van der Waals surface area contributed by atoms with Crippen LogP contribution in [0.5, 0.6) is 0 Å². The van der Waals surface area contributed by atoms with Crippen molar-refractivity contribution in [2.45, 2.75) is 6.04 Å². The molecule has 1 aromatic heterocycles. The first kappa shape index (κ1) is 9.88. The molecule has 0 amide bonds. The van der Waals surface area contributed by atoms with Crippen molar-refractivity contribution in [3.05, 3.63) is 33.5 Å². The van der Waals surface area contributed by atoms with E-state index in [4.69, 9.17) is 15.3 Å². The highest BCUT2D eigenvalue weighted by Crippen LogP contribution is 2.21. The number of hydrogen-bond acceptors (Lipinski definition) is 5. The number of benzene rings is 1. The molecule has 3 N–H and O–H groups in total. The minimum atomic E-state index is -1.12. The molecule has 1 aromatic carbocycles. The first-order valence-corrected chi connectivity index (χ1v) is 4.91. The van der Waals surface area contributed by atoms with Crippen LogP contribution < -0.4 is 10.7 Å². The van der Waals surface area contributed by atoms with Crippen molar-refractivity contribution in [2.24, 2.45) is 5.73 Å². The summed E-state index contributed by atoms with van der Waals surface area (Å²) in [4.78, 5) is 21.1. The number of hydrogen-bond donors (Lipinski definition) is 2. The Morgan fingerprint density at radius 2 is 2.27 bits per heavy atom. The summed E-state index contributed by atoms with van der Waals surface area (Å²) in [5.74, 6) is -1.12. The monoisotopic (exact) mass is 225 g/mol. The number of fused-ring (bicyclic) bond motifs is 1. The van der Waals surface area contributed by atoms with E-state index in [2.05, 4.69) is 0 Å². The summed E-state index contributed by atoms with van der Waals surface area (Å²) in [6, 6.07) is 3.58. The molecular formula is C9H7NO4S. The molecule has 5 nitrogen and oxygen atoms in total. The Kier molecular flexibility index (Phi) is 2.29. The van der Waals surface area contributed by atoms with E-state index in [1.807, 2.05) is 0 Å². The maximum atomic E-state index is 10.9. The lowest BCUT2D eigenvalue weighted by atomic mass is 10.1. The van der Waals surface area contributed by atoms with Crippen LogP contribution in [0.1, 0.15) is 11.6 Å². The third-order valence-corrected chi connectivity index (χ3v) is 2.79. The van der Waals surface area contributed by atoms with Crippen LogP contribution in [0.25, 0.3) is 10.3 Å². The normalized spacial score (nSPS) is 12.9. The van der Waals surface area contributed by atoms with Gasteiger partial charge >= 0.3 is 10.9 Å². The average Bonchev–Trinajstić information content (AvgIpc) is 2.55. The molecule has 0 aliphatic heterocycles. The third-order valence-electron chi connectivity index (χ3n) is 1.98. The fourth-order valence-electron chi connectivity index (χ4n) is 1.23. The van der Waals surface area contributed by atoms with Gasteiger partial charge in [0.05, 0.1) is 4.70 Å². The van der Waals surface area contributed by atoms with Gasteiger partial charge in [-0.1, -0.05) is 17.4 Å². The van der Waals surface area contributed by atoms with Crippen molar-refractivity contribution in [1.29, 1.82) is 0 Å². The number of aliphatic carboxylic acids is 1. The Morgan fingerprint density at radius 1 is 1.53 bits per heavy atom. The molecule has 1 atom stereocenters. The summed E-state index contributed by atoms with van der Waals surface area (Å²) < 4.78 is 5.53. The van der Waals surface area contributed by atoms with Crippen molar-refractivity contribution in [2.75, 3.05) is 0 Å². The van der Waals surface area contributed by atoms with Gasteiger partial charge in [-0.2, -0.15) is 0 Å². The first-order chi connectivity index (χ1) is 7.08. The molecule has 0 spiro atoms. The number of carbonyl (C=O) groups is 1. The summed E-state index contributed by atoms with van der Waals surface area (Å²) >= 11 is 0.970. The molecule has 2 rings (SSSR count). The van der Waals surface area contributed by atoms with Crippen LogP contribution in [0.2, 0.25) is 0 Å². The lowest BCUT2D eigenvalue weighted by Crippen LogP contribution is -2.20. The third kappa shape index (κ3) is 1.77. The van der Waals surface area contributed by atoms with Crippen LogP contribution >= 0.6 is 11.3 Å². The summed E-state index contributed by atoms with van der Waals surface area (Å²) in [7, 11) is 0. The van der Waals surface area contributed by atoms with E-state index in [9.17, 15) is 9.59 Å². The van der Waals surface area contributed by atoms with Gasteiger partial charge < -0.3 is 15.3 Å². The second-order valence-corrected chi connectivity index (χ2v) is 3.95. The van der Waals surface area contributed by atoms with Gasteiger partial charge in [0, 0.05) is 0 Å². The topological polar surface area (TPSA) is 93.5 Å². The largest absolute Gasteiger partial charge is 0.480 e. The van der Waals surface area contributed by atoms with E-state index in [0.29, 0.717) is 15.8 Å². The fourth-order valence-corrected chi connectivity index (χ4v) is 1.87. The molecule has 6 heteroatoms. The fraction of sp³-hybridized carbons (Fsp3) is 0.111. The Morgan fingerprint density at radius 3 is 2.93 bits per heavy atom. The molecule has 1 heterocycles. The van der Waals surface area contributed by atoms with E-state index in [-0.39, 0.29) is 0 Å². The van der Waals surface area contributed by atoms with Gasteiger partial charge in [-0.15, -0.1) is 0 Å². The summed E-state index contributed by atoms with van der Waals surface area (Å²) in [5.41, 5.74) is 6.21. The summed E-state index contributed by atoms with van der Waals surface area (Å²) in [6.07, 6.45) is 0. The van der Waals surface area contributed by atoms with Crippen LogP contribution in [0, 0.1) is 0 Å². The average molecular weight is 225 g/mol. The van der Waals surface area contributed by atoms with Crippen LogP contribution in [0.4, 0.5) is 0 Å². The quantitative estimate of drug-likeness (QED) is 0.793. The minimum Gasteiger partial charge on any atom is -0.480 e. The highest BCUT2D eigenvalue weighted by molar-refractivity contribution is 7.16. The number of rotatable bonds is 2. The van der Waals surface area contributed by atoms with Gasteiger partial charge in [0.15, 0.2) is 0 Å². The molecule has 0 fully saturated rings. The first-order valence-electron chi connectivity index (χ1n) is 4.10. The summed E-state index contributed by atoms with van der Waals surface area (Å²) in [6.45, 7) is 0. The van der Waals surface area contributed by atoms with Gasteiger partial charge in [0.25, 0.3) is 0 Å². The van der Waals surface area contributed by atoms with Gasteiger partial charge in [-0.25, -0.2) is 4.79 Å². The van der Waals surface area contributed by atoms with E-state index in [0.717, 1.165) is 11.3 Å². The smallest absolute Gasteiger partial charge is 0.396 e. The standard InChI is InChI=1S/C9H7NO4S/c10-7(8(11)12)4-1-2-6-5(3-4)14-9(13)15-6/h1-3,7H,10H2,(H,11,12). The van der Waals surface area contributed by atoms with Crippen molar-refractivity contribution in [1.82, 2.24) is 0 Å². The van der Waals surface area contributed by atoms with Crippen LogP contribution in [-0.2, 0) is 4.79 Å². The molecule has 2 aromatic rings. The van der Waals surface area contributed by atoms with Crippen molar-refractivity contribution in [3.8, 4) is 0 Å². The predicted octanol–water partition coefficient (Wildman–Crippen LogP) is 0.939. The van der Waals surface area contributed by atoms with Crippen molar-refractivity contribution in [3.63, 3.8) is 0 Å². The highest BCUT2D eigenvalue weighted by atomic mass is 32.1. The maximum absolute atomic E-state index is 10.9. The predicted molar refractivity (Wildman–Crippen MR) is 54.9 cm³/mol. The second kappa shape index (κ2) is 3.48. The molecule has 0 radical (unpaired) electrons. The number of nitrogens with two attached hydrogens (primary N) is 1. The zero-order chi connectivity index (χ0) is 11.0. The molecule has 15 heavy (non-hydrogen) atoms. The molecule has 0 aliphatic rings. The van der Waals surface area contributed by atoms with Gasteiger partial charge in [0.2, 0.25) is 0 Å². The lowest BCUT2D eigenvalue weighted by molar-refractivity contribution is -0.138. The zero-order valence-electron chi connectivity index (χ0n) is 7.47.